The molecule has 0 bridgehead atoms. The predicted octanol–water partition coefficient (Wildman–Crippen LogP) is 2.04. The minimum atomic E-state index is -0.377. The molecule has 0 spiro atoms. The molecule has 2 heterocycles. The molecule has 26 heavy (non-hydrogen) atoms. The van der Waals surface area contributed by atoms with Gasteiger partial charge < -0.3 is 29.9 Å². The summed E-state index contributed by atoms with van der Waals surface area (Å²) in [6.07, 6.45) is 3.49. The van der Waals surface area contributed by atoms with Gasteiger partial charge in [-0.1, -0.05) is 13.8 Å². The molecular formula is C17H22N6O3. The van der Waals surface area contributed by atoms with Crippen molar-refractivity contribution in [2.24, 2.45) is 5.92 Å². The molecule has 3 rings (SSSR count). The minimum Gasteiger partial charge on any atom is -0.494 e. The molecule has 0 atom stereocenters. The summed E-state index contributed by atoms with van der Waals surface area (Å²) in [7, 11) is 1.50. The molecule has 3 aromatic rings. The normalized spacial score (nSPS) is 11.1. The van der Waals surface area contributed by atoms with Crippen LogP contribution in [-0.2, 0) is 13.1 Å². The average Bonchev–Trinajstić information content (AvgIpc) is 3.16. The third kappa shape index (κ3) is 3.88. The molecule has 0 aliphatic heterocycles. The monoisotopic (exact) mass is 358 g/mol. The molecule has 0 saturated carbocycles. The van der Waals surface area contributed by atoms with E-state index in [2.05, 4.69) is 39.4 Å². The van der Waals surface area contributed by atoms with Crippen molar-refractivity contribution >= 4 is 22.8 Å². The van der Waals surface area contributed by atoms with Crippen LogP contribution in [0, 0.1) is 5.92 Å². The number of nitrogens with zero attached hydrogens (tertiary/aromatic N) is 2. The zero-order valence-electron chi connectivity index (χ0n) is 14.9. The van der Waals surface area contributed by atoms with E-state index in [0.29, 0.717) is 34.9 Å². The van der Waals surface area contributed by atoms with E-state index in [1.165, 1.54) is 7.11 Å². The number of nitrogens with one attached hydrogen (secondary N) is 4. The Morgan fingerprint density at radius 2 is 2.04 bits per heavy atom. The zero-order valence-corrected chi connectivity index (χ0v) is 14.9. The van der Waals surface area contributed by atoms with E-state index < -0.39 is 0 Å². The maximum Gasteiger partial charge on any atom is 0.323 e. The van der Waals surface area contributed by atoms with E-state index in [4.69, 9.17) is 4.74 Å². The molecule has 1 aromatic carbocycles. The summed E-state index contributed by atoms with van der Waals surface area (Å²) in [6.45, 7) is 5.43. The van der Waals surface area contributed by atoms with Crippen LogP contribution in [0.2, 0.25) is 0 Å². The van der Waals surface area contributed by atoms with Gasteiger partial charge in [-0.05, 0) is 12.0 Å². The van der Waals surface area contributed by atoms with Crippen molar-refractivity contribution in [1.82, 2.24) is 24.8 Å². The highest BCUT2D eigenvalue weighted by Gasteiger charge is 2.12. The van der Waals surface area contributed by atoms with Gasteiger partial charge in [0.15, 0.2) is 0 Å². The Bertz CT molecular complexity index is 968. The second-order valence-electron chi connectivity index (χ2n) is 6.42. The second-order valence-corrected chi connectivity index (χ2v) is 6.42. The summed E-state index contributed by atoms with van der Waals surface area (Å²) in [4.78, 5) is 33.1. The number of urea groups is 1. The summed E-state index contributed by atoms with van der Waals surface area (Å²) < 4.78 is 7.30. The molecule has 0 aliphatic rings. The number of carbonyl (C=O) groups is 1. The van der Waals surface area contributed by atoms with Crippen LogP contribution in [0.25, 0.3) is 11.0 Å². The van der Waals surface area contributed by atoms with E-state index in [1.54, 1.807) is 24.7 Å². The predicted molar refractivity (Wildman–Crippen MR) is 98.4 cm³/mol. The van der Waals surface area contributed by atoms with Crippen LogP contribution < -0.4 is 21.1 Å². The van der Waals surface area contributed by atoms with E-state index >= 15 is 0 Å². The largest absolute Gasteiger partial charge is 0.494 e. The number of rotatable bonds is 6. The number of H-pyrrole nitrogens is 2. The first kappa shape index (κ1) is 17.6. The van der Waals surface area contributed by atoms with Crippen molar-refractivity contribution in [3.05, 3.63) is 40.8 Å². The minimum absolute atomic E-state index is 0.318. The fourth-order valence-electron chi connectivity index (χ4n) is 2.72. The molecule has 9 nitrogen and oxygen atoms in total. The first-order chi connectivity index (χ1) is 12.5. The summed E-state index contributed by atoms with van der Waals surface area (Å²) in [6, 6.07) is 2.92. The van der Waals surface area contributed by atoms with Gasteiger partial charge in [-0.25, -0.2) is 14.6 Å². The number of hydrogen-bond acceptors (Lipinski definition) is 4. The Kier molecular flexibility index (Phi) is 4.97. The van der Waals surface area contributed by atoms with Gasteiger partial charge in [0.25, 0.3) is 0 Å². The van der Waals surface area contributed by atoms with Gasteiger partial charge in [0.2, 0.25) is 0 Å². The molecule has 4 N–H and O–H groups in total. The average molecular weight is 358 g/mol. The summed E-state index contributed by atoms with van der Waals surface area (Å²) in [5.41, 5.74) is 2.26. The van der Waals surface area contributed by atoms with Gasteiger partial charge in [-0.15, -0.1) is 0 Å². The fourth-order valence-corrected chi connectivity index (χ4v) is 2.72. The second kappa shape index (κ2) is 7.34. The van der Waals surface area contributed by atoms with Crippen LogP contribution in [0.4, 0.5) is 10.5 Å². The molecule has 138 valence electrons. The molecule has 9 heteroatoms. The molecular weight excluding hydrogens is 336 g/mol. The Morgan fingerprint density at radius 1 is 1.31 bits per heavy atom. The fraction of sp³-hybridized carbons (Fsp3) is 0.353. The number of ether oxygens (including phenoxy) is 1. The Morgan fingerprint density at radius 3 is 2.73 bits per heavy atom. The molecule has 0 radical (unpaired) electrons. The molecule has 2 aromatic heterocycles. The first-order valence-electron chi connectivity index (χ1n) is 8.30. The van der Waals surface area contributed by atoms with E-state index in [1.807, 2.05) is 4.57 Å². The summed E-state index contributed by atoms with van der Waals surface area (Å²) >= 11 is 0. The smallest absolute Gasteiger partial charge is 0.323 e. The SMILES string of the molecule is COc1cc2[nH]c(=O)[nH]c2cc1NC(=O)NCc1cncn1CC(C)C. The van der Waals surface area contributed by atoms with Gasteiger partial charge in [-0.3, -0.25) is 0 Å². The van der Waals surface area contributed by atoms with Crippen molar-refractivity contribution in [1.29, 1.82) is 0 Å². The van der Waals surface area contributed by atoms with Gasteiger partial charge in [-0.2, -0.15) is 0 Å². The highest BCUT2D eigenvalue weighted by Crippen LogP contribution is 2.28. The Hall–Kier alpha value is -3.23. The van der Waals surface area contributed by atoms with Gasteiger partial charge in [0.05, 0.1) is 42.4 Å². The number of aromatic nitrogens is 4. The van der Waals surface area contributed by atoms with Crippen LogP contribution in [0.1, 0.15) is 19.5 Å². The lowest BCUT2D eigenvalue weighted by atomic mass is 10.2. The first-order valence-corrected chi connectivity index (χ1v) is 8.30. The quantitative estimate of drug-likeness (QED) is 0.539. The van der Waals surface area contributed by atoms with Crippen LogP contribution >= 0.6 is 0 Å². The van der Waals surface area contributed by atoms with Crippen molar-refractivity contribution in [2.75, 3.05) is 12.4 Å². The zero-order chi connectivity index (χ0) is 18.7. The van der Waals surface area contributed by atoms with Crippen LogP contribution in [-0.4, -0.2) is 32.7 Å². The highest BCUT2D eigenvalue weighted by molar-refractivity contribution is 5.94. The number of amides is 2. The number of hydrogen-bond donors (Lipinski definition) is 4. The number of anilines is 1. The Labute approximate surface area is 149 Å². The number of benzene rings is 1. The van der Waals surface area contributed by atoms with Crippen molar-refractivity contribution < 1.29 is 9.53 Å². The lowest BCUT2D eigenvalue weighted by molar-refractivity contribution is 0.251. The lowest BCUT2D eigenvalue weighted by Crippen LogP contribution is -2.29. The van der Waals surface area contributed by atoms with E-state index in [0.717, 1.165) is 12.2 Å². The summed E-state index contributed by atoms with van der Waals surface area (Å²) in [5, 5.41) is 5.55. The van der Waals surface area contributed by atoms with Crippen LogP contribution in [0.5, 0.6) is 5.75 Å². The molecule has 0 fully saturated rings. The third-order valence-electron chi connectivity index (χ3n) is 3.87. The standard InChI is InChI=1S/C17H22N6O3/c1-10(2)8-23-9-18-6-11(23)7-19-16(24)22-14-4-12-13(5-15(14)26-3)21-17(25)20-12/h4-6,9-10H,7-8H2,1-3H3,(H2,19,22,24)(H2,20,21,25). The maximum atomic E-state index is 12.3. The number of methoxy groups -OCH3 is 1. The van der Waals surface area contributed by atoms with Gasteiger partial charge in [0.1, 0.15) is 5.75 Å². The van der Waals surface area contributed by atoms with E-state index in [9.17, 15) is 9.59 Å². The lowest BCUT2D eigenvalue weighted by Gasteiger charge is -2.13. The van der Waals surface area contributed by atoms with Crippen LogP contribution in [0.3, 0.4) is 0 Å². The Balaban J connectivity index is 1.69. The van der Waals surface area contributed by atoms with Crippen molar-refractivity contribution in [3.63, 3.8) is 0 Å². The van der Waals surface area contributed by atoms with Crippen LogP contribution in [0.15, 0.2) is 29.5 Å². The molecule has 0 aliphatic carbocycles. The maximum absolute atomic E-state index is 12.3. The van der Waals surface area contributed by atoms with E-state index in [-0.39, 0.29) is 11.7 Å². The molecule has 0 unspecified atom stereocenters. The highest BCUT2D eigenvalue weighted by atomic mass is 16.5. The number of carbonyl (C=O) groups excluding carboxylic acids is 1. The molecule has 2 amide bonds. The third-order valence-corrected chi connectivity index (χ3v) is 3.87. The number of fused-ring (bicyclic) bond motifs is 1. The summed E-state index contributed by atoms with van der Waals surface area (Å²) in [5.74, 6) is 0.934. The van der Waals surface area contributed by atoms with Gasteiger partial charge in [0, 0.05) is 18.8 Å². The topological polar surface area (TPSA) is 117 Å². The van der Waals surface area contributed by atoms with Crippen molar-refractivity contribution in [3.8, 4) is 5.75 Å². The molecule has 0 saturated heterocycles. The van der Waals surface area contributed by atoms with Crippen molar-refractivity contribution in [2.45, 2.75) is 26.9 Å². The number of aromatic amines is 2. The number of imidazole rings is 2. The van der Waals surface area contributed by atoms with Gasteiger partial charge >= 0.3 is 11.7 Å².